The number of carbonyl (C=O) groups excluding carboxylic acids is 1. The molecule has 19 heavy (non-hydrogen) atoms. The number of alkyl halides is 3. The van der Waals surface area contributed by atoms with Crippen LogP contribution in [0.25, 0.3) is 6.08 Å². The summed E-state index contributed by atoms with van der Waals surface area (Å²) in [5.41, 5.74) is 0.631. The summed E-state index contributed by atoms with van der Waals surface area (Å²) in [7, 11) is 0. The highest BCUT2D eigenvalue weighted by atomic mass is 19.4. The summed E-state index contributed by atoms with van der Waals surface area (Å²) in [6.07, 6.45) is -1.99. The van der Waals surface area contributed by atoms with Crippen molar-refractivity contribution in [3.05, 3.63) is 29.8 Å². The van der Waals surface area contributed by atoms with Gasteiger partial charge in [0.25, 0.3) is 0 Å². The smallest absolute Gasteiger partial charge is 0.405 e. The zero-order chi connectivity index (χ0) is 13.9. The van der Waals surface area contributed by atoms with Gasteiger partial charge in [0.15, 0.2) is 11.5 Å². The van der Waals surface area contributed by atoms with Crippen molar-refractivity contribution in [1.29, 1.82) is 0 Å². The molecule has 0 bridgehead atoms. The van der Waals surface area contributed by atoms with Crippen LogP contribution >= 0.6 is 0 Å². The second kappa shape index (κ2) is 5.21. The fourth-order valence-corrected chi connectivity index (χ4v) is 1.43. The Morgan fingerprint density at radius 3 is 2.79 bits per heavy atom. The number of fused-ring (bicyclic) bond motifs is 1. The lowest BCUT2D eigenvalue weighted by molar-refractivity contribution is -0.135. The second-order valence-corrected chi connectivity index (χ2v) is 3.78. The monoisotopic (exact) mass is 273 g/mol. The average Bonchev–Trinajstić information content (AvgIpc) is 2.80. The molecule has 0 aliphatic carbocycles. The molecule has 7 heteroatoms. The molecule has 1 N–H and O–H groups in total. The third kappa shape index (κ3) is 3.90. The number of amides is 1. The van der Waals surface area contributed by atoms with Crippen molar-refractivity contribution < 1.29 is 27.4 Å². The van der Waals surface area contributed by atoms with E-state index < -0.39 is 18.6 Å². The van der Waals surface area contributed by atoms with Crippen molar-refractivity contribution >= 4 is 12.0 Å². The van der Waals surface area contributed by atoms with Gasteiger partial charge in [-0.25, -0.2) is 0 Å². The standard InChI is InChI=1S/C12H10F3NO3/c13-12(14,15)6-16-11(17)4-2-8-1-3-9-10(5-8)19-7-18-9/h1-5H,6-7H2,(H,16,17). The first-order chi connectivity index (χ1) is 8.94. The van der Waals surface area contributed by atoms with Crippen LogP contribution in [0.5, 0.6) is 11.5 Å². The molecule has 0 unspecified atom stereocenters. The quantitative estimate of drug-likeness (QED) is 0.858. The number of hydrogen-bond acceptors (Lipinski definition) is 3. The highest BCUT2D eigenvalue weighted by Gasteiger charge is 2.27. The van der Waals surface area contributed by atoms with Crippen molar-refractivity contribution in [2.24, 2.45) is 0 Å². The number of benzene rings is 1. The minimum Gasteiger partial charge on any atom is -0.454 e. The molecular formula is C12H10F3NO3. The minimum atomic E-state index is -4.41. The maximum absolute atomic E-state index is 11.9. The first kappa shape index (κ1) is 13.3. The Morgan fingerprint density at radius 2 is 2.05 bits per heavy atom. The molecular weight excluding hydrogens is 263 g/mol. The number of ether oxygens (including phenoxy) is 2. The topological polar surface area (TPSA) is 47.6 Å². The van der Waals surface area contributed by atoms with Gasteiger partial charge in [-0.2, -0.15) is 13.2 Å². The van der Waals surface area contributed by atoms with Gasteiger partial charge in [0, 0.05) is 6.08 Å². The van der Waals surface area contributed by atoms with E-state index in [9.17, 15) is 18.0 Å². The van der Waals surface area contributed by atoms with Gasteiger partial charge in [-0.3, -0.25) is 4.79 Å². The highest BCUT2D eigenvalue weighted by Crippen LogP contribution is 2.32. The molecule has 0 saturated heterocycles. The molecule has 102 valence electrons. The summed E-state index contributed by atoms with van der Waals surface area (Å²) in [6.45, 7) is -1.22. The molecule has 0 aromatic heterocycles. The summed E-state index contributed by atoms with van der Waals surface area (Å²) in [5, 5.41) is 1.74. The Hall–Kier alpha value is -2.18. The van der Waals surface area contributed by atoms with Crippen LogP contribution in [0.15, 0.2) is 24.3 Å². The molecule has 0 spiro atoms. The molecule has 1 aromatic carbocycles. The van der Waals surface area contributed by atoms with Gasteiger partial charge < -0.3 is 14.8 Å². The Labute approximate surface area is 106 Å². The zero-order valence-electron chi connectivity index (χ0n) is 9.66. The summed E-state index contributed by atoms with van der Waals surface area (Å²) in [6, 6.07) is 4.96. The molecule has 1 aromatic rings. The predicted octanol–water partition coefficient (Wildman–Crippen LogP) is 2.11. The van der Waals surface area contributed by atoms with Crippen molar-refractivity contribution in [2.75, 3.05) is 13.3 Å². The molecule has 0 radical (unpaired) electrons. The highest BCUT2D eigenvalue weighted by molar-refractivity contribution is 5.91. The lowest BCUT2D eigenvalue weighted by Crippen LogP contribution is -2.32. The lowest BCUT2D eigenvalue weighted by Gasteiger charge is -2.05. The molecule has 4 nitrogen and oxygen atoms in total. The fourth-order valence-electron chi connectivity index (χ4n) is 1.43. The van der Waals surface area contributed by atoms with E-state index in [-0.39, 0.29) is 6.79 Å². The van der Waals surface area contributed by atoms with E-state index in [4.69, 9.17) is 9.47 Å². The van der Waals surface area contributed by atoms with Crippen LogP contribution in [0.2, 0.25) is 0 Å². The van der Waals surface area contributed by atoms with Crippen molar-refractivity contribution in [2.45, 2.75) is 6.18 Å². The van der Waals surface area contributed by atoms with Crippen molar-refractivity contribution in [3.63, 3.8) is 0 Å². The summed E-state index contributed by atoms with van der Waals surface area (Å²) in [5.74, 6) is 0.325. The molecule has 0 saturated carbocycles. The van der Waals surface area contributed by atoms with E-state index in [1.54, 1.807) is 23.5 Å². The SMILES string of the molecule is O=C(C=Cc1ccc2c(c1)OCO2)NCC(F)(F)F. The zero-order valence-corrected chi connectivity index (χ0v) is 9.66. The molecule has 1 amide bonds. The van der Waals surface area contributed by atoms with Gasteiger partial charge in [-0.05, 0) is 23.8 Å². The van der Waals surface area contributed by atoms with Crippen LogP contribution in [0.4, 0.5) is 13.2 Å². The van der Waals surface area contributed by atoms with Gasteiger partial charge in [0.05, 0.1) is 0 Å². The normalized spacial score (nSPS) is 13.8. The molecule has 0 atom stereocenters. The van der Waals surface area contributed by atoms with E-state index >= 15 is 0 Å². The predicted molar refractivity (Wildman–Crippen MR) is 60.7 cm³/mol. The van der Waals surface area contributed by atoms with Gasteiger partial charge >= 0.3 is 6.18 Å². The second-order valence-electron chi connectivity index (χ2n) is 3.78. The summed E-state index contributed by atoms with van der Waals surface area (Å²) in [4.78, 5) is 11.1. The van der Waals surface area contributed by atoms with Gasteiger partial charge in [0.1, 0.15) is 6.54 Å². The van der Waals surface area contributed by atoms with Gasteiger partial charge in [-0.1, -0.05) is 6.07 Å². The molecule has 0 fully saturated rings. The number of hydrogen-bond donors (Lipinski definition) is 1. The molecule has 1 heterocycles. The first-order valence-electron chi connectivity index (χ1n) is 5.36. The van der Waals surface area contributed by atoms with Crippen molar-refractivity contribution in [3.8, 4) is 11.5 Å². The van der Waals surface area contributed by atoms with Crippen LogP contribution in [0.1, 0.15) is 5.56 Å². The first-order valence-corrected chi connectivity index (χ1v) is 5.36. The number of halogens is 3. The minimum absolute atomic E-state index is 0.134. The lowest BCUT2D eigenvalue weighted by atomic mass is 10.2. The third-order valence-corrected chi connectivity index (χ3v) is 2.29. The van der Waals surface area contributed by atoms with Crippen LogP contribution in [0, 0.1) is 0 Å². The fraction of sp³-hybridized carbons (Fsp3) is 0.250. The number of nitrogens with one attached hydrogen (secondary N) is 1. The Balaban J connectivity index is 1.93. The van der Waals surface area contributed by atoms with Crippen LogP contribution in [-0.4, -0.2) is 25.4 Å². The van der Waals surface area contributed by atoms with E-state index in [0.717, 1.165) is 6.08 Å². The van der Waals surface area contributed by atoms with Crippen LogP contribution < -0.4 is 14.8 Å². The number of carbonyl (C=O) groups is 1. The van der Waals surface area contributed by atoms with Gasteiger partial charge in [-0.15, -0.1) is 0 Å². The Kier molecular flexibility index (Phi) is 3.64. The Bertz CT molecular complexity index is 511. The van der Waals surface area contributed by atoms with Crippen molar-refractivity contribution in [1.82, 2.24) is 5.32 Å². The van der Waals surface area contributed by atoms with E-state index in [0.29, 0.717) is 17.1 Å². The summed E-state index contributed by atoms with van der Waals surface area (Å²) >= 11 is 0. The van der Waals surface area contributed by atoms with Gasteiger partial charge in [0.2, 0.25) is 12.7 Å². The van der Waals surface area contributed by atoms with Crippen LogP contribution in [0.3, 0.4) is 0 Å². The maximum atomic E-state index is 11.9. The van der Waals surface area contributed by atoms with E-state index in [1.807, 2.05) is 0 Å². The number of rotatable bonds is 3. The summed E-state index contributed by atoms with van der Waals surface area (Å²) < 4.78 is 45.8. The van der Waals surface area contributed by atoms with E-state index in [2.05, 4.69) is 0 Å². The molecule has 2 rings (SSSR count). The molecule has 1 aliphatic heterocycles. The molecule has 1 aliphatic rings. The third-order valence-electron chi connectivity index (χ3n) is 2.29. The van der Waals surface area contributed by atoms with E-state index in [1.165, 1.54) is 6.08 Å². The largest absolute Gasteiger partial charge is 0.454 e. The Morgan fingerprint density at radius 1 is 1.32 bits per heavy atom. The van der Waals surface area contributed by atoms with Crippen LogP contribution in [-0.2, 0) is 4.79 Å². The maximum Gasteiger partial charge on any atom is 0.405 e. The average molecular weight is 273 g/mol.